The fourth-order valence-corrected chi connectivity index (χ4v) is 3.95. The lowest BCUT2D eigenvalue weighted by molar-refractivity contribution is -0.126. The van der Waals surface area contributed by atoms with E-state index in [1.807, 2.05) is 77.5 Å². The van der Waals surface area contributed by atoms with E-state index in [2.05, 4.69) is 10.3 Å². The van der Waals surface area contributed by atoms with Gasteiger partial charge in [0.05, 0.1) is 23.8 Å². The van der Waals surface area contributed by atoms with Crippen molar-refractivity contribution in [2.45, 2.75) is 13.0 Å². The van der Waals surface area contributed by atoms with Crippen LogP contribution in [0.4, 0.5) is 5.69 Å². The molecular formula is C23H20N4O2. The molecule has 0 saturated carbocycles. The van der Waals surface area contributed by atoms with Gasteiger partial charge in [-0.3, -0.25) is 9.59 Å². The highest BCUT2D eigenvalue weighted by Crippen LogP contribution is 2.31. The summed E-state index contributed by atoms with van der Waals surface area (Å²) in [5, 5.41) is 5.04. The fraction of sp³-hybridized carbons (Fsp3) is 0.174. The van der Waals surface area contributed by atoms with Crippen molar-refractivity contribution < 1.29 is 9.59 Å². The first-order valence-corrected chi connectivity index (χ1v) is 9.67. The predicted molar refractivity (Wildman–Crippen MR) is 111 cm³/mol. The first-order valence-electron chi connectivity index (χ1n) is 9.67. The van der Waals surface area contributed by atoms with E-state index in [1.54, 1.807) is 4.90 Å². The number of hydrogen-bond donors (Lipinski definition) is 1. The summed E-state index contributed by atoms with van der Waals surface area (Å²) in [5.74, 6) is -0.495. The molecule has 6 heteroatoms. The molecule has 29 heavy (non-hydrogen) atoms. The Kier molecular flexibility index (Phi) is 4.24. The first kappa shape index (κ1) is 17.4. The van der Waals surface area contributed by atoms with Gasteiger partial charge in [0, 0.05) is 30.7 Å². The molecule has 1 aliphatic heterocycles. The summed E-state index contributed by atoms with van der Waals surface area (Å²) in [6.07, 6.45) is 4.05. The predicted octanol–water partition coefficient (Wildman–Crippen LogP) is 3.16. The van der Waals surface area contributed by atoms with Crippen LogP contribution >= 0.6 is 0 Å². The Labute approximate surface area is 167 Å². The van der Waals surface area contributed by atoms with E-state index in [9.17, 15) is 9.59 Å². The van der Waals surface area contributed by atoms with Gasteiger partial charge in [0.2, 0.25) is 11.8 Å². The summed E-state index contributed by atoms with van der Waals surface area (Å²) in [7, 11) is 0. The smallest absolute Gasteiger partial charge is 0.227 e. The number of nitrogens with zero attached hydrogens (tertiary/aromatic N) is 3. The quantitative estimate of drug-likeness (QED) is 0.588. The minimum Gasteiger partial charge on any atom is -0.350 e. The second-order valence-electron chi connectivity index (χ2n) is 7.32. The number of carbonyl (C=O) groups is 2. The van der Waals surface area contributed by atoms with Crippen molar-refractivity contribution in [2.75, 3.05) is 11.4 Å². The number of rotatable bonds is 4. The maximum atomic E-state index is 12.7. The van der Waals surface area contributed by atoms with Gasteiger partial charge >= 0.3 is 0 Å². The maximum absolute atomic E-state index is 12.7. The zero-order chi connectivity index (χ0) is 19.8. The lowest BCUT2D eigenvalue weighted by Gasteiger charge is -2.19. The molecule has 0 spiro atoms. The van der Waals surface area contributed by atoms with Crippen molar-refractivity contribution in [3.05, 3.63) is 78.8 Å². The monoisotopic (exact) mass is 384 g/mol. The Morgan fingerprint density at radius 2 is 1.90 bits per heavy atom. The van der Waals surface area contributed by atoms with Crippen LogP contribution in [0.5, 0.6) is 0 Å². The second kappa shape index (κ2) is 7.05. The van der Waals surface area contributed by atoms with Gasteiger partial charge in [-0.1, -0.05) is 42.5 Å². The Morgan fingerprint density at radius 1 is 1.07 bits per heavy atom. The highest BCUT2D eigenvalue weighted by molar-refractivity contribution is 6.06. The molecule has 1 unspecified atom stereocenters. The van der Waals surface area contributed by atoms with Crippen molar-refractivity contribution in [3.8, 4) is 0 Å². The SMILES string of the molecule is O=C(NCc1cn2ccccc2n1)C1CC(=O)N(c2cccc3ccccc23)C1. The molecule has 144 valence electrons. The minimum atomic E-state index is -0.363. The topological polar surface area (TPSA) is 66.7 Å². The summed E-state index contributed by atoms with van der Waals surface area (Å²) in [6, 6.07) is 19.7. The number of nitrogens with one attached hydrogen (secondary N) is 1. The third-order valence-electron chi connectivity index (χ3n) is 5.41. The van der Waals surface area contributed by atoms with Gasteiger partial charge in [0.15, 0.2) is 0 Å². The Hall–Kier alpha value is -3.67. The lowest BCUT2D eigenvalue weighted by Crippen LogP contribution is -2.32. The highest BCUT2D eigenvalue weighted by Gasteiger charge is 2.35. The lowest BCUT2D eigenvalue weighted by atomic mass is 10.1. The molecule has 1 saturated heterocycles. The van der Waals surface area contributed by atoms with Crippen LogP contribution in [0.2, 0.25) is 0 Å². The number of hydrogen-bond acceptors (Lipinski definition) is 3. The molecule has 0 aliphatic carbocycles. The van der Waals surface area contributed by atoms with E-state index in [-0.39, 0.29) is 24.2 Å². The largest absolute Gasteiger partial charge is 0.350 e. The molecular weight excluding hydrogens is 364 g/mol. The number of aromatic nitrogens is 2. The van der Waals surface area contributed by atoms with E-state index in [4.69, 9.17) is 0 Å². The molecule has 2 aromatic carbocycles. The third kappa shape index (κ3) is 3.23. The standard InChI is InChI=1S/C23H20N4O2/c28-22-12-17(14-27(22)20-9-5-7-16-6-1-2-8-19(16)20)23(29)24-13-18-15-26-11-4-3-10-21(26)25-18/h1-11,15,17H,12-14H2,(H,24,29). The molecule has 3 heterocycles. The summed E-state index contributed by atoms with van der Waals surface area (Å²) in [6.45, 7) is 0.739. The number of anilines is 1. The normalized spacial score (nSPS) is 16.6. The number of carbonyl (C=O) groups excluding carboxylic acids is 2. The van der Waals surface area contributed by atoms with Crippen LogP contribution in [0.3, 0.4) is 0 Å². The average molecular weight is 384 g/mol. The Balaban J connectivity index is 1.30. The van der Waals surface area contributed by atoms with Gasteiger partial charge in [-0.05, 0) is 23.6 Å². The molecule has 0 radical (unpaired) electrons. The van der Waals surface area contributed by atoms with E-state index >= 15 is 0 Å². The molecule has 1 N–H and O–H groups in total. The number of amides is 2. The number of pyridine rings is 1. The third-order valence-corrected chi connectivity index (χ3v) is 5.41. The van der Waals surface area contributed by atoms with Crippen LogP contribution in [-0.2, 0) is 16.1 Å². The summed E-state index contributed by atoms with van der Waals surface area (Å²) in [4.78, 5) is 31.6. The number of fused-ring (bicyclic) bond motifs is 2. The maximum Gasteiger partial charge on any atom is 0.227 e. The molecule has 1 fully saturated rings. The van der Waals surface area contributed by atoms with Crippen molar-refractivity contribution in [1.29, 1.82) is 0 Å². The van der Waals surface area contributed by atoms with Crippen LogP contribution in [0.15, 0.2) is 73.1 Å². The van der Waals surface area contributed by atoms with E-state index in [0.29, 0.717) is 13.1 Å². The van der Waals surface area contributed by atoms with Gasteiger partial charge in [0.1, 0.15) is 5.65 Å². The molecule has 6 nitrogen and oxygen atoms in total. The minimum absolute atomic E-state index is 0.0192. The van der Waals surface area contributed by atoms with E-state index < -0.39 is 0 Å². The van der Waals surface area contributed by atoms with Crippen LogP contribution < -0.4 is 10.2 Å². The van der Waals surface area contributed by atoms with Crippen LogP contribution in [0.1, 0.15) is 12.1 Å². The summed E-state index contributed by atoms with van der Waals surface area (Å²) >= 11 is 0. The van der Waals surface area contributed by atoms with Gasteiger partial charge in [-0.15, -0.1) is 0 Å². The summed E-state index contributed by atoms with van der Waals surface area (Å²) < 4.78 is 1.92. The molecule has 1 atom stereocenters. The van der Waals surface area contributed by atoms with Gasteiger partial charge < -0.3 is 14.6 Å². The molecule has 4 aromatic rings. The van der Waals surface area contributed by atoms with Crippen LogP contribution in [-0.4, -0.2) is 27.7 Å². The number of imidazole rings is 1. The van der Waals surface area contributed by atoms with Crippen molar-refractivity contribution >= 4 is 33.9 Å². The van der Waals surface area contributed by atoms with Gasteiger partial charge in [-0.25, -0.2) is 4.98 Å². The molecule has 5 rings (SSSR count). The first-order chi connectivity index (χ1) is 14.2. The van der Waals surface area contributed by atoms with Crippen molar-refractivity contribution in [1.82, 2.24) is 14.7 Å². The average Bonchev–Trinajstić information content (AvgIpc) is 3.34. The molecule has 2 aromatic heterocycles. The van der Waals surface area contributed by atoms with Crippen LogP contribution in [0.25, 0.3) is 16.4 Å². The second-order valence-corrected chi connectivity index (χ2v) is 7.32. The fourth-order valence-electron chi connectivity index (χ4n) is 3.95. The van der Waals surface area contributed by atoms with E-state index in [0.717, 1.165) is 27.8 Å². The van der Waals surface area contributed by atoms with Crippen molar-refractivity contribution in [3.63, 3.8) is 0 Å². The van der Waals surface area contributed by atoms with Crippen molar-refractivity contribution in [2.24, 2.45) is 5.92 Å². The molecule has 2 amide bonds. The van der Waals surface area contributed by atoms with Crippen LogP contribution in [0, 0.1) is 5.92 Å². The van der Waals surface area contributed by atoms with Gasteiger partial charge in [0.25, 0.3) is 0 Å². The highest BCUT2D eigenvalue weighted by atomic mass is 16.2. The number of benzene rings is 2. The van der Waals surface area contributed by atoms with Gasteiger partial charge in [-0.2, -0.15) is 0 Å². The summed E-state index contributed by atoms with van der Waals surface area (Å²) in [5.41, 5.74) is 2.50. The Bertz CT molecular complexity index is 1190. The Morgan fingerprint density at radius 3 is 2.79 bits per heavy atom. The molecule has 1 aliphatic rings. The van der Waals surface area contributed by atoms with E-state index in [1.165, 1.54) is 0 Å². The zero-order valence-electron chi connectivity index (χ0n) is 15.8. The molecule has 0 bridgehead atoms. The zero-order valence-corrected chi connectivity index (χ0v) is 15.8.